The molecule has 0 unspecified atom stereocenters. The Kier molecular flexibility index (Phi) is 5.82. The lowest BCUT2D eigenvalue weighted by Gasteiger charge is -2.27. The maximum atomic E-state index is 13.0. The van der Waals surface area contributed by atoms with E-state index >= 15 is 0 Å². The molecule has 2 aliphatic heterocycles. The minimum Gasteiger partial charge on any atom is -0.378 e. The van der Waals surface area contributed by atoms with Crippen LogP contribution in [0.25, 0.3) is 33.5 Å². The number of aromatic nitrogens is 3. The van der Waals surface area contributed by atoms with Crippen LogP contribution in [0.5, 0.6) is 0 Å². The van der Waals surface area contributed by atoms with E-state index in [1.165, 1.54) is 16.7 Å². The van der Waals surface area contributed by atoms with Crippen molar-refractivity contribution in [2.45, 2.75) is 26.8 Å². The second kappa shape index (κ2) is 9.15. The van der Waals surface area contributed by atoms with Gasteiger partial charge in [0.2, 0.25) is 0 Å². The van der Waals surface area contributed by atoms with E-state index in [0.29, 0.717) is 26.3 Å². The van der Waals surface area contributed by atoms with Gasteiger partial charge in [-0.05, 0) is 73.3 Å². The van der Waals surface area contributed by atoms with Crippen LogP contribution < -0.4 is 0 Å². The number of amides is 1. The van der Waals surface area contributed by atoms with Crippen LogP contribution in [0.3, 0.4) is 0 Å². The maximum absolute atomic E-state index is 13.0. The fraction of sp³-hybridized carbons (Fsp3) is 0.345. The van der Waals surface area contributed by atoms with Crippen LogP contribution in [0, 0.1) is 13.8 Å². The van der Waals surface area contributed by atoms with Crippen molar-refractivity contribution in [2.24, 2.45) is 0 Å². The molecule has 0 radical (unpaired) electrons. The van der Waals surface area contributed by atoms with E-state index in [4.69, 9.17) is 9.72 Å². The summed E-state index contributed by atoms with van der Waals surface area (Å²) in [7, 11) is 2.17. The molecular weight excluding hydrogens is 450 g/mol. The molecule has 0 atom stereocenters. The molecule has 1 fully saturated rings. The highest BCUT2D eigenvalue weighted by atomic mass is 16.5. The quantitative estimate of drug-likeness (QED) is 0.470. The minimum atomic E-state index is 0.0665. The summed E-state index contributed by atoms with van der Waals surface area (Å²) in [5.74, 6) is 0.0665. The van der Waals surface area contributed by atoms with Crippen LogP contribution in [-0.4, -0.2) is 70.6 Å². The summed E-state index contributed by atoms with van der Waals surface area (Å²) in [6.45, 7) is 8.73. The zero-order valence-corrected chi connectivity index (χ0v) is 21.1. The Morgan fingerprint density at radius 3 is 2.64 bits per heavy atom. The molecule has 36 heavy (non-hydrogen) atoms. The molecule has 2 aromatic carbocycles. The summed E-state index contributed by atoms with van der Waals surface area (Å²) in [5, 5.41) is 0. The first-order valence-corrected chi connectivity index (χ1v) is 12.6. The fourth-order valence-electron chi connectivity index (χ4n) is 5.47. The predicted molar refractivity (Wildman–Crippen MR) is 141 cm³/mol. The van der Waals surface area contributed by atoms with Gasteiger partial charge in [-0.1, -0.05) is 12.1 Å². The topological polar surface area (TPSA) is 74.4 Å². The van der Waals surface area contributed by atoms with Crippen molar-refractivity contribution in [1.82, 2.24) is 24.8 Å². The third-order valence-corrected chi connectivity index (χ3v) is 7.49. The number of nitrogens with zero attached hydrogens (tertiary/aromatic N) is 4. The molecule has 0 saturated carbocycles. The minimum absolute atomic E-state index is 0.0665. The molecule has 4 aromatic rings. The smallest absolute Gasteiger partial charge is 0.254 e. The second-order valence-electron chi connectivity index (χ2n) is 10.0. The van der Waals surface area contributed by atoms with Gasteiger partial charge in [-0.3, -0.25) is 4.79 Å². The maximum Gasteiger partial charge on any atom is 0.254 e. The Labute approximate surface area is 211 Å². The average Bonchev–Trinajstić information content (AvgIpc) is 3.32. The Hall–Kier alpha value is -3.55. The van der Waals surface area contributed by atoms with E-state index in [0.717, 1.165) is 64.2 Å². The number of hydrogen-bond acceptors (Lipinski definition) is 5. The van der Waals surface area contributed by atoms with Crippen molar-refractivity contribution in [3.8, 4) is 22.4 Å². The first-order valence-electron chi connectivity index (χ1n) is 12.6. The van der Waals surface area contributed by atoms with E-state index in [2.05, 4.69) is 47.0 Å². The Bertz CT molecular complexity index is 1470. The van der Waals surface area contributed by atoms with Crippen LogP contribution in [0.15, 0.2) is 42.7 Å². The standard InChI is InChI=1S/C29H31N5O2/c1-18-13-21(14-22-17-33(3)7-6-23(18)22)26-16-31-28-27(32-26)25(15-30-28)20-4-5-24(19(2)12-20)29(35)34-8-10-36-11-9-34/h4-5,12-16H,6-11,17H2,1-3H3,(H,30,31). The average molecular weight is 482 g/mol. The third kappa shape index (κ3) is 4.08. The molecule has 2 aromatic heterocycles. The number of H-pyrrole nitrogens is 1. The van der Waals surface area contributed by atoms with Gasteiger partial charge >= 0.3 is 0 Å². The highest BCUT2D eigenvalue weighted by Crippen LogP contribution is 2.32. The number of ether oxygens (including phenoxy) is 1. The van der Waals surface area contributed by atoms with Gasteiger partial charge in [-0.15, -0.1) is 0 Å². The summed E-state index contributed by atoms with van der Waals surface area (Å²) < 4.78 is 5.39. The van der Waals surface area contributed by atoms with E-state index in [-0.39, 0.29) is 5.91 Å². The molecular formula is C29H31N5O2. The number of fused-ring (bicyclic) bond motifs is 2. The molecule has 7 nitrogen and oxygen atoms in total. The van der Waals surface area contributed by atoms with Crippen molar-refractivity contribution in [2.75, 3.05) is 39.9 Å². The number of morpholine rings is 1. The molecule has 0 bridgehead atoms. The largest absolute Gasteiger partial charge is 0.378 e. The van der Waals surface area contributed by atoms with Gasteiger partial charge in [0.1, 0.15) is 5.52 Å². The van der Waals surface area contributed by atoms with Gasteiger partial charge < -0.3 is 19.5 Å². The first kappa shape index (κ1) is 22.9. The number of aromatic amines is 1. The molecule has 1 saturated heterocycles. The van der Waals surface area contributed by atoms with Gasteiger partial charge in [-0.25, -0.2) is 9.97 Å². The number of rotatable bonds is 3. The van der Waals surface area contributed by atoms with Crippen LogP contribution in [0.1, 0.15) is 32.6 Å². The number of carbonyl (C=O) groups is 1. The summed E-state index contributed by atoms with van der Waals surface area (Å²) in [5.41, 5.74) is 11.4. The molecule has 0 spiro atoms. The van der Waals surface area contributed by atoms with Gasteiger partial charge in [-0.2, -0.15) is 0 Å². The Balaban J connectivity index is 1.35. The van der Waals surface area contributed by atoms with Crippen molar-refractivity contribution in [3.05, 3.63) is 70.5 Å². The Morgan fingerprint density at radius 2 is 1.83 bits per heavy atom. The lowest BCUT2D eigenvalue weighted by atomic mass is 9.92. The molecule has 6 rings (SSSR count). The van der Waals surface area contributed by atoms with Gasteiger partial charge in [0, 0.05) is 49.1 Å². The number of likely N-dealkylation sites (N-methyl/N-ethyl adjacent to an activating group) is 1. The van der Waals surface area contributed by atoms with E-state index in [1.807, 2.05) is 36.4 Å². The molecule has 0 aliphatic carbocycles. The SMILES string of the molecule is Cc1cc(-c2c[nH]c3ncc(-c4cc(C)c5c(c4)CN(C)CC5)nc23)ccc1C(=O)N1CCOCC1. The molecule has 1 N–H and O–H groups in total. The lowest BCUT2D eigenvalue weighted by Crippen LogP contribution is -2.40. The van der Waals surface area contributed by atoms with Crippen molar-refractivity contribution >= 4 is 17.1 Å². The second-order valence-corrected chi connectivity index (χ2v) is 10.0. The Morgan fingerprint density at radius 1 is 1.03 bits per heavy atom. The number of carbonyl (C=O) groups excluding carboxylic acids is 1. The molecule has 4 heterocycles. The number of aryl methyl sites for hydroxylation is 2. The monoisotopic (exact) mass is 481 g/mol. The van der Waals surface area contributed by atoms with E-state index < -0.39 is 0 Å². The van der Waals surface area contributed by atoms with E-state index in [1.54, 1.807) is 0 Å². The van der Waals surface area contributed by atoms with Gasteiger partial charge in [0.25, 0.3) is 5.91 Å². The van der Waals surface area contributed by atoms with Gasteiger partial charge in [0.15, 0.2) is 5.65 Å². The zero-order chi connectivity index (χ0) is 24.8. The summed E-state index contributed by atoms with van der Waals surface area (Å²) in [4.78, 5) is 30.3. The molecule has 1 amide bonds. The highest BCUT2D eigenvalue weighted by Gasteiger charge is 2.21. The first-order chi connectivity index (χ1) is 17.5. The van der Waals surface area contributed by atoms with Crippen LogP contribution in [0.4, 0.5) is 0 Å². The van der Waals surface area contributed by atoms with Crippen molar-refractivity contribution in [1.29, 1.82) is 0 Å². The lowest BCUT2D eigenvalue weighted by molar-refractivity contribution is 0.0302. The van der Waals surface area contributed by atoms with Crippen LogP contribution in [-0.2, 0) is 17.7 Å². The number of benzene rings is 2. The van der Waals surface area contributed by atoms with Crippen molar-refractivity contribution < 1.29 is 9.53 Å². The predicted octanol–water partition coefficient (Wildman–Crippen LogP) is 4.37. The normalized spacial score (nSPS) is 16.4. The van der Waals surface area contributed by atoms with Crippen LogP contribution in [0.2, 0.25) is 0 Å². The highest BCUT2D eigenvalue weighted by molar-refractivity contribution is 5.97. The number of hydrogen-bond donors (Lipinski definition) is 1. The van der Waals surface area contributed by atoms with Crippen molar-refractivity contribution in [3.63, 3.8) is 0 Å². The summed E-state index contributed by atoms with van der Waals surface area (Å²) in [6.07, 6.45) is 4.90. The van der Waals surface area contributed by atoms with E-state index in [9.17, 15) is 4.79 Å². The molecule has 184 valence electrons. The fourth-order valence-corrected chi connectivity index (χ4v) is 5.47. The van der Waals surface area contributed by atoms with Crippen LogP contribution >= 0.6 is 0 Å². The third-order valence-electron chi connectivity index (χ3n) is 7.49. The van der Waals surface area contributed by atoms with Gasteiger partial charge in [0.05, 0.1) is 25.1 Å². The molecule has 2 aliphatic rings. The molecule has 7 heteroatoms. The zero-order valence-electron chi connectivity index (χ0n) is 21.1. The number of nitrogens with one attached hydrogen (secondary N) is 1. The summed E-state index contributed by atoms with van der Waals surface area (Å²) in [6, 6.07) is 10.5. The summed E-state index contributed by atoms with van der Waals surface area (Å²) >= 11 is 0.